The molecule has 0 bridgehead atoms. The van der Waals surface area contributed by atoms with Gasteiger partial charge in [-0.3, -0.25) is 4.79 Å². The van der Waals surface area contributed by atoms with Gasteiger partial charge in [-0.1, -0.05) is 43.2 Å². The van der Waals surface area contributed by atoms with Crippen LogP contribution in [0.2, 0.25) is 0 Å². The van der Waals surface area contributed by atoms with Gasteiger partial charge in [0.05, 0.1) is 12.0 Å². The van der Waals surface area contributed by atoms with E-state index in [1.54, 1.807) is 0 Å². The molecule has 1 aliphatic heterocycles. The molecule has 5 heteroatoms. The number of aliphatic carboxylic acids is 1. The fraction of sp³-hybridized carbons (Fsp3) is 0.600. The van der Waals surface area contributed by atoms with Gasteiger partial charge in [0, 0.05) is 12.6 Å². The van der Waals surface area contributed by atoms with Gasteiger partial charge in [0.25, 0.3) is 0 Å². The van der Waals surface area contributed by atoms with E-state index in [-0.39, 0.29) is 24.0 Å². The van der Waals surface area contributed by atoms with Gasteiger partial charge in [-0.05, 0) is 44.1 Å². The Morgan fingerprint density at radius 2 is 1.68 bits per heavy atom. The Hall–Kier alpha value is -2.04. The van der Waals surface area contributed by atoms with E-state index in [1.807, 2.05) is 23.1 Å². The molecule has 1 saturated heterocycles. The minimum absolute atomic E-state index is 0.00882. The topological polar surface area (TPSA) is 69.6 Å². The molecule has 1 atom stereocenters. The molecule has 1 aromatic rings. The molecule has 0 spiro atoms. The number of carbonyl (C=O) groups excluding carboxylic acids is 1. The van der Waals surface area contributed by atoms with E-state index in [0.717, 1.165) is 45.1 Å². The number of hydrogen-bond donors (Lipinski definition) is 2. The van der Waals surface area contributed by atoms with Crippen LogP contribution in [0.4, 0.5) is 4.79 Å². The molecule has 3 rings (SSSR count). The molecule has 1 aliphatic carbocycles. The molecular weight excluding hydrogens is 316 g/mol. The summed E-state index contributed by atoms with van der Waals surface area (Å²) in [6, 6.07) is 10.5. The zero-order valence-electron chi connectivity index (χ0n) is 14.7. The maximum atomic E-state index is 12.9. The van der Waals surface area contributed by atoms with E-state index >= 15 is 0 Å². The average Bonchev–Trinajstić information content (AvgIpc) is 2.89. The highest BCUT2D eigenvalue weighted by molar-refractivity contribution is 5.75. The first-order chi connectivity index (χ1) is 12.1. The zero-order chi connectivity index (χ0) is 17.6. The SMILES string of the molecule is O=C(O)C1CCC(NC(=O)N2CCCCCC2c2ccccc2)CC1. The zero-order valence-corrected chi connectivity index (χ0v) is 14.7. The Morgan fingerprint density at radius 1 is 0.960 bits per heavy atom. The molecule has 2 amide bonds. The average molecular weight is 344 g/mol. The van der Waals surface area contributed by atoms with Crippen LogP contribution in [-0.2, 0) is 4.79 Å². The van der Waals surface area contributed by atoms with Crippen LogP contribution in [0.25, 0.3) is 0 Å². The number of carbonyl (C=O) groups is 2. The smallest absolute Gasteiger partial charge is 0.318 e. The van der Waals surface area contributed by atoms with Gasteiger partial charge < -0.3 is 15.3 Å². The molecule has 0 aromatic heterocycles. The largest absolute Gasteiger partial charge is 0.481 e. The summed E-state index contributed by atoms with van der Waals surface area (Å²) in [7, 11) is 0. The summed E-state index contributed by atoms with van der Waals surface area (Å²) in [4.78, 5) is 26.0. The molecule has 1 aromatic carbocycles. The number of benzene rings is 1. The van der Waals surface area contributed by atoms with Crippen molar-refractivity contribution in [2.75, 3.05) is 6.54 Å². The molecule has 1 heterocycles. The Balaban J connectivity index is 1.63. The van der Waals surface area contributed by atoms with Crippen LogP contribution >= 0.6 is 0 Å². The summed E-state index contributed by atoms with van der Waals surface area (Å²) < 4.78 is 0. The summed E-state index contributed by atoms with van der Waals surface area (Å²) >= 11 is 0. The standard InChI is InChI=1S/C20H28N2O3/c23-19(24)16-10-12-17(13-11-16)21-20(25)22-14-6-2-5-9-18(22)15-7-3-1-4-8-15/h1,3-4,7-8,16-18H,2,5-6,9-14H2,(H,21,25)(H,23,24). The number of hydrogen-bond acceptors (Lipinski definition) is 2. The van der Waals surface area contributed by atoms with E-state index in [4.69, 9.17) is 5.11 Å². The van der Waals surface area contributed by atoms with Gasteiger partial charge >= 0.3 is 12.0 Å². The van der Waals surface area contributed by atoms with E-state index in [1.165, 1.54) is 5.56 Å². The molecule has 136 valence electrons. The van der Waals surface area contributed by atoms with Crippen molar-refractivity contribution in [3.8, 4) is 0 Å². The minimum atomic E-state index is -0.707. The monoisotopic (exact) mass is 344 g/mol. The summed E-state index contributed by atoms with van der Waals surface area (Å²) in [6.07, 6.45) is 7.18. The van der Waals surface area contributed by atoms with Crippen LogP contribution in [0, 0.1) is 5.92 Å². The summed E-state index contributed by atoms with van der Waals surface area (Å²) in [5, 5.41) is 12.3. The molecule has 1 unspecified atom stereocenters. The second-order valence-electron chi connectivity index (χ2n) is 7.31. The lowest BCUT2D eigenvalue weighted by molar-refractivity contribution is -0.142. The van der Waals surface area contributed by atoms with Crippen LogP contribution in [0.1, 0.15) is 63.0 Å². The van der Waals surface area contributed by atoms with E-state index in [2.05, 4.69) is 17.4 Å². The first-order valence-electron chi connectivity index (χ1n) is 9.50. The minimum Gasteiger partial charge on any atom is -0.481 e. The first-order valence-corrected chi connectivity index (χ1v) is 9.50. The third-order valence-electron chi connectivity index (χ3n) is 5.60. The van der Waals surface area contributed by atoms with Crippen LogP contribution in [0.5, 0.6) is 0 Å². The number of nitrogens with zero attached hydrogens (tertiary/aromatic N) is 1. The Bertz CT molecular complexity index is 582. The summed E-state index contributed by atoms with van der Waals surface area (Å²) in [5.74, 6) is -0.954. The van der Waals surface area contributed by atoms with Gasteiger partial charge in [-0.25, -0.2) is 4.79 Å². The molecule has 2 aliphatic rings. The van der Waals surface area contributed by atoms with Crippen molar-refractivity contribution in [3.63, 3.8) is 0 Å². The van der Waals surface area contributed by atoms with Crippen molar-refractivity contribution in [1.29, 1.82) is 0 Å². The number of urea groups is 1. The number of nitrogens with one attached hydrogen (secondary N) is 1. The second-order valence-corrected chi connectivity index (χ2v) is 7.31. The Morgan fingerprint density at radius 3 is 2.36 bits per heavy atom. The van der Waals surface area contributed by atoms with E-state index in [0.29, 0.717) is 12.8 Å². The van der Waals surface area contributed by atoms with Crippen molar-refractivity contribution in [3.05, 3.63) is 35.9 Å². The van der Waals surface area contributed by atoms with Crippen LogP contribution < -0.4 is 5.32 Å². The van der Waals surface area contributed by atoms with Crippen LogP contribution in [0.15, 0.2) is 30.3 Å². The lowest BCUT2D eigenvalue weighted by Gasteiger charge is -2.34. The highest BCUT2D eigenvalue weighted by Crippen LogP contribution is 2.31. The van der Waals surface area contributed by atoms with Crippen LogP contribution in [0.3, 0.4) is 0 Å². The van der Waals surface area contributed by atoms with Gasteiger partial charge in [0.2, 0.25) is 0 Å². The Kier molecular flexibility index (Phi) is 5.95. The van der Waals surface area contributed by atoms with Gasteiger partial charge in [-0.15, -0.1) is 0 Å². The highest BCUT2D eigenvalue weighted by Gasteiger charge is 2.30. The molecule has 2 fully saturated rings. The fourth-order valence-corrected chi connectivity index (χ4v) is 4.12. The summed E-state index contributed by atoms with van der Waals surface area (Å²) in [5.41, 5.74) is 1.20. The van der Waals surface area contributed by atoms with Gasteiger partial charge in [-0.2, -0.15) is 0 Å². The first kappa shape index (κ1) is 17.8. The number of amides is 2. The van der Waals surface area contributed by atoms with E-state index < -0.39 is 5.97 Å². The maximum Gasteiger partial charge on any atom is 0.318 e. The quantitative estimate of drug-likeness (QED) is 0.872. The number of carboxylic acids is 1. The van der Waals surface area contributed by atoms with Crippen molar-refractivity contribution >= 4 is 12.0 Å². The number of rotatable bonds is 3. The second kappa shape index (κ2) is 8.37. The van der Waals surface area contributed by atoms with Crippen molar-refractivity contribution in [1.82, 2.24) is 10.2 Å². The van der Waals surface area contributed by atoms with Crippen LogP contribution in [-0.4, -0.2) is 34.6 Å². The lowest BCUT2D eigenvalue weighted by Crippen LogP contribution is -2.47. The molecule has 0 radical (unpaired) electrons. The summed E-state index contributed by atoms with van der Waals surface area (Å²) in [6.45, 7) is 0.788. The third kappa shape index (κ3) is 4.53. The molecular formula is C20H28N2O3. The number of likely N-dealkylation sites (tertiary alicyclic amines) is 1. The third-order valence-corrected chi connectivity index (χ3v) is 5.60. The van der Waals surface area contributed by atoms with Crippen molar-refractivity contribution < 1.29 is 14.7 Å². The maximum absolute atomic E-state index is 12.9. The number of carboxylic acid groups (broad SMARTS) is 1. The van der Waals surface area contributed by atoms with Gasteiger partial charge in [0.15, 0.2) is 0 Å². The predicted molar refractivity (Wildman–Crippen MR) is 96.3 cm³/mol. The predicted octanol–water partition coefficient (Wildman–Crippen LogP) is 3.96. The van der Waals surface area contributed by atoms with Gasteiger partial charge in [0.1, 0.15) is 0 Å². The lowest BCUT2D eigenvalue weighted by atomic mass is 9.86. The van der Waals surface area contributed by atoms with E-state index in [9.17, 15) is 9.59 Å². The molecule has 1 saturated carbocycles. The van der Waals surface area contributed by atoms with Crippen molar-refractivity contribution in [2.45, 2.75) is 63.5 Å². The molecule has 2 N–H and O–H groups in total. The highest BCUT2D eigenvalue weighted by atomic mass is 16.4. The fourth-order valence-electron chi connectivity index (χ4n) is 4.12. The normalized spacial score (nSPS) is 27.4. The molecule has 5 nitrogen and oxygen atoms in total. The van der Waals surface area contributed by atoms with Crippen molar-refractivity contribution in [2.24, 2.45) is 5.92 Å². The Labute approximate surface area is 149 Å². The molecule has 25 heavy (non-hydrogen) atoms.